The molecule has 0 aliphatic carbocycles. The molecule has 0 radical (unpaired) electrons. The van der Waals surface area contributed by atoms with E-state index in [4.69, 9.17) is 13.8 Å². The van der Waals surface area contributed by atoms with Gasteiger partial charge in [0.25, 0.3) is 0 Å². The van der Waals surface area contributed by atoms with Crippen LogP contribution in [-0.2, 0) is 29.8 Å². The van der Waals surface area contributed by atoms with Crippen LogP contribution in [0.2, 0.25) is 0 Å². The highest BCUT2D eigenvalue weighted by molar-refractivity contribution is 7.54. The molecule has 1 N–H and O–H groups in total. The van der Waals surface area contributed by atoms with Gasteiger partial charge in [-0.25, -0.2) is 0 Å². The SMILES string of the molecule is CCOP(=O)(OCC)C(CCNC(=O)COCc1ccccc1)c1ccccc1. The first-order chi connectivity index (χ1) is 14.1. The molecule has 0 heterocycles. The van der Waals surface area contributed by atoms with Crippen LogP contribution in [0.3, 0.4) is 0 Å². The summed E-state index contributed by atoms with van der Waals surface area (Å²) in [6.07, 6.45) is 0.436. The Balaban J connectivity index is 1.90. The third-order valence-electron chi connectivity index (χ3n) is 4.27. The molecule has 0 aliphatic rings. The van der Waals surface area contributed by atoms with E-state index in [0.29, 0.717) is 32.8 Å². The van der Waals surface area contributed by atoms with E-state index in [1.807, 2.05) is 60.7 Å². The number of rotatable bonds is 13. The fourth-order valence-electron chi connectivity index (χ4n) is 2.99. The molecule has 6 nitrogen and oxygen atoms in total. The number of carbonyl (C=O) groups is 1. The summed E-state index contributed by atoms with van der Waals surface area (Å²) in [6.45, 7) is 4.86. The quantitative estimate of drug-likeness (QED) is 0.476. The van der Waals surface area contributed by atoms with Gasteiger partial charge in [0, 0.05) is 6.54 Å². The molecule has 1 atom stereocenters. The lowest BCUT2D eigenvalue weighted by Gasteiger charge is -2.26. The Hall–Kier alpha value is -1.98. The molecule has 0 spiro atoms. The van der Waals surface area contributed by atoms with E-state index in [2.05, 4.69) is 5.32 Å². The Bertz CT molecular complexity index is 759. The van der Waals surface area contributed by atoms with Crippen LogP contribution in [0.4, 0.5) is 0 Å². The Morgan fingerprint density at radius 2 is 1.55 bits per heavy atom. The maximum atomic E-state index is 13.3. The predicted octanol–water partition coefficient (Wildman–Crippen LogP) is 4.72. The summed E-state index contributed by atoms with van der Waals surface area (Å²) < 4.78 is 29.9. The molecule has 1 amide bonds. The predicted molar refractivity (Wildman–Crippen MR) is 114 cm³/mol. The van der Waals surface area contributed by atoms with Crippen LogP contribution in [0.25, 0.3) is 0 Å². The van der Waals surface area contributed by atoms with Crippen LogP contribution in [-0.4, -0.2) is 32.3 Å². The minimum atomic E-state index is -3.36. The monoisotopic (exact) mass is 419 g/mol. The van der Waals surface area contributed by atoms with Crippen molar-refractivity contribution in [3.63, 3.8) is 0 Å². The van der Waals surface area contributed by atoms with E-state index in [-0.39, 0.29) is 12.5 Å². The first-order valence-corrected chi connectivity index (χ1v) is 11.5. The van der Waals surface area contributed by atoms with Crippen LogP contribution >= 0.6 is 7.60 Å². The van der Waals surface area contributed by atoms with Crippen molar-refractivity contribution in [2.75, 3.05) is 26.4 Å². The third-order valence-corrected chi connectivity index (χ3v) is 6.82. The van der Waals surface area contributed by atoms with E-state index in [1.54, 1.807) is 13.8 Å². The molecule has 2 aromatic rings. The number of hydrogen-bond acceptors (Lipinski definition) is 5. The lowest BCUT2D eigenvalue weighted by molar-refractivity contribution is -0.126. The minimum Gasteiger partial charge on any atom is -0.367 e. The van der Waals surface area contributed by atoms with Crippen LogP contribution in [0, 0.1) is 0 Å². The summed E-state index contributed by atoms with van der Waals surface area (Å²) in [6, 6.07) is 19.2. The highest BCUT2D eigenvalue weighted by Crippen LogP contribution is 2.62. The summed E-state index contributed by atoms with van der Waals surface area (Å²) in [5, 5.41) is 2.83. The van der Waals surface area contributed by atoms with Gasteiger partial charge >= 0.3 is 7.60 Å². The molecule has 0 fully saturated rings. The summed E-state index contributed by atoms with van der Waals surface area (Å²) >= 11 is 0. The zero-order valence-corrected chi connectivity index (χ0v) is 18.0. The molecule has 1 unspecified atom stereocenters. The van der Waals surface area contributed by atoms with Crippen molar-refractivity contribution in [1.82, 2.24) is 5.32 Å². The summed E-state index contributed by atoms with van der Waals surface area (Å²) in [5.74, 6) is -0.213. The fourth-order valence-corrected chi connectivity index (χ4v) is 5.13. The van der Waals surface area contributed by atoms with Gasteiger partial charge in [-0.1, -0.05) is 60.7 Å². The van der Waals surface area contributed by atoms with Gasteiger partial charge in [0.2, 0.25) is 5.91 Å². The fraction of sp³-hybridized carbons (Fsp3) is 0.409. The Morgan fingerprint density at radius 1 is 0.966 bits per heavy atom. The zero-order chi connectivity index (χ0) is 21.0. The van der Waals surface area contributed by atoms with Crippen molar-refractivity contribution in [3.8, 4) is 0 Å². The molecule has 7 heteroatoms. The Morgan fingerprint density at radius 3 is 2.14 bits per heavy atom. The van der Waals surface area contributed by atoms with Crippen molar-refractivity contribution in [2.45, 2.75) is 32.5 Å². The first-order valence-electron chi connectivity index (χ1n) is 9.91. The maximum absolute atomic E-state index is 13.3. The van der Waals surface area contributed by atoms with Crippen molar-refractivity contribution in [2.24, 2.45) is 0 Å². The van der Waals surface area contributed by atoms with E-state index < -0.39 is 13.3 Å². The second kappa shape index (κ2) is 12.6. The summed E-state index contributed by atoms with van der Waals surface area (Å²) in [4.78, 5) is 12.1. The molecule has 0 aromatic heterocycles. The average Bonchev–Trinajstić information content (AvgIpc) is 2.73. The number of nitrogens with one attached hydrogen (secondary N) is 1. The van der Waals surface area contributed by atoms with Gasteiger partial charge in [0.15, 0.2) is 0 Å². The maximum Gasteiger partial charge on any atom is 0.338 e. The molecule has 2 rings (SSSR count). The van der Waals surface area contributed by atoms with Gasteiger partial charge in [-0.05, 0) is 31.4 Å². The first kappa shape index (κ1) is 23.3. The highest BCUT2D eigenvalue weighted by Gasteiger charge is 2.36. The van der Waals surface area contributed by atoms with Crippen LogP contribution in [0.5, 0.6) is 0 Å². The molecule has 0 saturated heterocycles. The lowest BCUT2D eigenvalue weighted by Crippen LogP contribution is -2.29. The van der Waals surface area contributed by atoms with Crippen LogP contribution in [0.15, 0.2) is 60.7 Å². The number of carbonyl (C=O) groups excluding carboxylic acids is 1. The summed E-state index contributed by atoms with van der Waals surface area (Å²) in [5.41, 5.74) is 1.43. The lowest BCUT2D eigenvalue weighted by atomic mass is 10.1. The Labute approximate surface area is 173 Å². The van der Waals surface area contributed by atoms with Crippen LogP contribution < -0.4 is 5.32 Å². The van der Waals surface area contributed by atoms with Gasteiger partial charge in [-0.15, -0.1) is 0 Å². The topological polar surface area (TPSA) is 73.9 Å². The summed E-state index contributed by atoms with van der Waals surface area (Å²) in [7, 11) is -3.36. The van der Waals surface area contributed by atoms with E-state index >= 15 is 0 Å². The van der Waals surface area contributed by atoms with Gasteiger partial charge < -0.3 is 19.1 Å². The highest BCUT2D eigenvalue weighted by atomic mass is 31.2. The van der Waals surface area contributed by atoms with E-state index in [9.17, 15) is 9.36 Å². The molecular formula is C22H30NO5P. The molecular weight excluding hydrogens is 389 g/mol. The molecule has 0 bridgehead atoms. The van der Waals surface area contributed by atoms with Crippen LogP contribution in [0.1, 0.15) is 37.1 Å². The van der Waals surface area contributed by atoms with Gasteiger partial charge in [0.1, 0.15) is 6.61 Å². The van der Waals surface area contributed by atoms with Gasteiger partial charge in [0.05, 0.1) is 25.5 Å². The molecule has 0 saturated carbocycles. The smallest absolute Gasteiger partial charge is 0.338 e. The zero-order valence-electron chi connectivity index (χ0n) is 17.1. The average molecular weight is 419 g/mol. The van der Waals surface area contributed by atoms with Crippen molar-refractivity contribution < 1.29 is 23.1 Å². The molecule has 0 aliphatic heterocycles. The molecule has 2 aromatic carbocycles. The van der Waals surface area contributed by atoms with Crippen molar-refractivity contribution in [3.05, 3.63) is 71.8 Å². The second-order valence-corrected chi connectivity index (χ2v) is 8.64. The van der Waals surface area contributed by atoms with Gasteiger partial charge in [-0.2, -0.15) is 0 Å². The van der Waals surface area contributed by atoms with E-state index in [0.717, 1.165) is 11.1 Å². The normalized spacial score (nSPS) is 12.5. The second-order valence-electron chi connectivity index (χ2n) is 6.42. The number of hydrogen-bond donors (Lipinski definition) is 1. The van der Waals surface area contributed by atoms with E-state index in [1.165, 1.54) is 0 Å². The molecule has 29 heavy (non-hydrogen) atoms. The third kappa shape index (κ3) is 7.75. The number of amides is 1. The van der Waals surface area contributed by atoms with Gasteiger partial charge in [-0.3, -0.25) is 9.36 Å². The number of benzene rings is 2. The Kier molecular flexibility index (Phi) is 10.1. The largest absolute Gasteiger partial charge is 0.367 e. The standard InChI is InChI=1S/C22H30NO5P/c1-3-27-29(25,28-4-2)21(20-13-9-6-10-14-20)15-16-23-22(24)18-26-17-19-11-7-5-8-12-19/h5-14,21H,3-4,15-18H2,1-2H3,(H,23,24). The van der Waals surface area contributed by atoms with Crippen molar-refractivity contribution in [1.29, 1.82) is 0 Å². The number of ether oxygens (including phenoxy) is 1. The van der Waals surface area contributed by atoms with Crippen molar-refractivity contribution >= 4 is 13.5 Å². The minimum absolute atomic E-state index is 0.0283. The molecule has 158 valence electrons.